The van der Waals surface area contributed by atoms with Gasteiger partial charge in [-0.2, -0.15) is 0 Å². The number of nitrogens with one attached hydrogen (secondary N) is 2. The number of aryl methyl sites for hydroxylation is 1. The van der Waals surface area contributed by atoms with Crippen LogP contribution in [0.3, 0.4) is 0 Å². The average molecular weight is 323 g/mol. The van der Waals surface area contributed by atoms with Crippen LogP contribution in [0.1, 0.15) is 49.4 Å². The number of thiazole rings is 1. The summed E-state index contributed by atoms with van der Waals surface area (Å²) >= 11 is 1.77. The largest absolute Gasteiger partial charge is 0.356 e. The van der Waals surface area contributed by atoms with E-state index in [0.29, 0.717) is 5.41 Å². The van der Waals surface area contributed by atoms with Crippen LogP contribution in [0.15, 0.2) is 11.2 Å². The highest BCUT2D eigenvalue weighted by atomic mass is 32.1. The van der Waals surface area contributed by atoms with E-state index in [-0.39, 0.29) is 0 Å². The summed E-state index contributed by atoms with van der Waals surface area (Å²) in [5.41, 5.74) is 0.498. The normalized spacial score (nSPS) is 17.4. The summed E-state index contributed by atoms with van der Waals surface area (Å²) in [6, 6.07) is 0. The summed E-state index contributed by atoms with van der Waals surface area (Å²) < 4.78 is 0. The van der Waals surface area contributed by atoms with E-state index in [9.17, 15) is 0 Å². The summed E-state index contributed by atoms with van der Waals surface area (Å²) in [6.07, 6.45) is 8.30. The number of aliphatic imine (C=N–C) groups is 1. The van der Waals surface area contributed by atoms with Crippen molar-refractivity contribution in [3.63, 3.8) is 0 Å². The molecule has 1 aliphatic rings. The molecular weight excluding hydrogens is 292 g/mol. The molecule has 2 N–H and O–H groups in total. The molecule has 2 rings (SSSR count). The Kier molecular flexibility index (Phi) is 6.24. The van der Waals surface area contributed by atoms with Gasteiger partial charge in [0.15, 0.2) is 5.96 Å². The summed E-state index contributed by atoms with van der Waals surface area (Å²) in [6.45, 7) is 8.67. The fraction of sp³-hybridized carbons (Fsp3) is 0.765. The maximum atomic E-state index is 4.40. The van der Waals surface area contributed by atoms with Crippen LogP contribution in [0.5, 0.6) is 0 Å². The van der Waals surface area contributed by atoms with Gasteiger partial charge >= 0.3 is 0 Å². The molecule has 1 aromatic rings. The standard InChI is InChI=1S/C17H30N4S/c1-13(2)10-17(7-5-8-17)12-21-16(18-4)19-9-6-15-20-11-14(3)22-15/h11,13H,5-10,12H2,1-4H3,(H2,18,19,21). The Bertz CT molecular complexity index is 489. The summed E-state index contributed by atoms with van der Waals surface area (Å²) in [7, 11) is 1.85. The molecule has 22 heavy (non-hydrogen) atoms. The van der Waals surface area contributed by atoms with E-state index < -0.39 is 0 Å². The molecule has 1 heterocycles. The number of guanidine groups is 1. The van der Waals surface area contributed by atoms with E-state index in [0.717, 1.165) is 31.4 Å². The monoisotopic (exact) mass is 322 g/mol. The van der Waals surface area contributed by atoms with Crippen LogP contribution in [0.2, 0.25) is 0 Å². The molecule has 1 fully saturated rings. The predicted octanol–water partition coefficient (Wildman–Crippen LogP) is 3.38. The van der Waals surface area contributed by atoms with Crippen LogP contribution in [-0.2, 0) is 6.42 Å². The van der Waals surface area contributed by atoms with E-state index in [2.05, 4.69) is 41.4 Å². The molecule has 0 unspecified atom stereocenters. The van der Waals surface area contributed by atoms with E-state index in [1.54, 1.807) is 11.3 Å². The van der Waals surface area contributed by atoms with Gasteiger partial charge in [-0.15, -0.1) is 11.3 Å². The highest BCUT2D eigenvalue weighted by molar-refractivity contribution is 7.11. The highest BCUT2D eigenvalue weighted by Gasteiger charge is 2.37. The van der Waals surface area contributed by atoms with Crippen LogP contribution in [0, 0.1) is 18.3 Å². The molecule has 0 spiro atoms. The molecule has 0 atom stereocenters. The Morgan fingerprint density at radius 3 is 2.68 bits per heavy atom. The first-order chi connectivity index (χ1) is 10.5. The van der Waals surface area contributed by atoms with Crippen molar-refractivity contribution in [2.75, 3.05) is 20.1 Å². The molecular formula is C17H30N4S. The third-order valence-corrected chi connectivity index (χ3v) is 5.38. The second-order valence-corrected chi connectivity index (χ2v) is 8.24. The molecule has 0 aliphatic heterocycles. The summed E-state index contributed by atoms with van der Waals surface area (Å²) in [4.78, 5) is 10.0. The minimum atomic E-state index is 0.498. The van der Waals surface area contributed by atoms with E-state index >= 15 is 0 Å². The maximum Gasteiger partial charge on any atom is 0.191 e. The second-order valence-electron chi connectivity index (χ2n) is 6.92. The molecule has 1 saturated carbocycles. The minimum absolute atomic E-state index is 0.498. The molecule has 0 amide bonds. The van der Waals surface area contributed by atoms with Crippen molar-refractivity contribution in [1.29, 1.82) is 0 Å². The third-order valence-electron chi connectivity index (χ3n) is 4.41. The lowest BCUT2D eigenvalue weighted by Crippen LogP contribution is -2.47. The first-order valence-electron chi connectivity index (χ1n) is 8.39. The van der Waals surface area contributed by atoms with E-state index in [1.165, 1.54) is 35.6 Å². The quantitative estimate of drug-likeness (QED) is 0.598. The van der Waals surface area contributed by atoms with Crippen molar-refractivity contribution in [1.82, 2.24) is 15.6 Å². The Hall–Kier alpha value is -1.10. The number of rotatable bonds is 7. The van der Waals surface area contributed by atoms with Crippen molar-refractivity contribution in [2.24, 2.45) is 16.3 Å². The van der Waals surface area contributed by atoms with Crippen LogP contribution in [0.25, 0.3) is 0 Å². The van der Waals surface area contributed by atoms with Crippen molar-refractivity contribution >= 4 is 17.3 Å². The zero-order valence-electron chi connectivity index (χ0n) is 14.4. The lowest BCUT2D eigenvalue weighted by molar-refractivity contribution is 0.104. The summed E-state index contributed by atoms with van der Waals surface area (Å²) in [5, 5.41) is 8.13. The second kappa shape index (κ2) is 7.95. The van der Waals surface area contributed by atoms with Gasteiger partial charge in [-0.05, 0) is 37.5 Å². The van der Waals surface area contributed by atoms with Crippen LogP contribution < -0.4 is 10.6 Å². The van der Waals surface area contributed by atoms with Crippen LogP contribution >= 0.6 is 11.3 Å². The van der Waals surface area contributed by atoms with Crippen LogP contribution in [-0.4, -0.2) is 31.1 Å². The van der Waals surface area contributed by atoms with Crippen molar-refractivity contribution < 1.29 is 0 Å². The van der Waals surface area contributed by atoms with Gasteiger partial charge in [0.25, 0.3) is 0 Å². The number of hydrogen-bond acceptors (Lipinski definition) is 3. The third kappa shape index (κ3) is 4.97. The molecule has 1 aromatic heterocycles. The lowest BCUT2D eigenvalue weighted by Gasteiger charge is -2.43. The molecule has 124 valence electrons. The molecule has 4 nitrogen and oxygen atoms in total. The van der Waals surface area contributed by atoms with Crippen molar-refractivity contribution in [3.8, 4) is 0 Å². The average Bonchev–Trinajstić information content (AvgIpc) is 2.84. The van der Waals surface area contributed by atoms with Crippen molar-refractivity contribution in [3.05, 3.63) is 16.1 Å². The molecule has 1 aliphatic carbocycles. The van der Waals surface area contributed by atoms with Crippen LogP contribution in [0.4, 0.5) is 0 Å². The van der Waals surface area contributed by atoms with Gasteiger partial charge in [0.1, 0.15) is 0 Å². The number of aromatic nitrogens is 1. The van der Waals surface area contributed by atoms with Gasteiger partial charge in [-0.25, -0.2) is 4.98 Å². The predicted molar refractivity (Wildman–Crippen MR) is 95.7 cm³/mol. The lowest BCUT2D eigenvalue weighted by atomic mass is 9.64. The van der Waals surface area contributed by atoms with Gasteiger partial charge in [0.2, 0.25) is 0 Å². The maximum absolute atomic E-state index is 4.40. The topological polar surface area (TPSA) is 49.3 Å². The van der Waals surface area contributed by atoms with E-state index in [4.69, 9.17) is 0 Å². The first kappa shape index (κ1) is 17.3. The molecule has 0 saturated heterocycles. The zero-order valence-corrected chi connectivity index (χ0v) is 15.2. The number of hydrogen-bond donors (Lipinski definition) is 2. The van der Waals surface area contributed by atoms with Gasteiger partial charge in [0, 0.05) is 37.6 Å². The molecule has 0 bridgehead atoms. The molecule has 0 aromatic carbocycles. The Morgan fingerprint density at radius 2 is 2.18 bits per heavy atom. The molecule has 5 heteroatoms. The van der Waals surface area contributed by atoms with Gasteiger partial charge in [-0.3, -0.25) is 4.99 Å². The minimum Gasteiger partial charge on any atom is -0.356 e. The van der Waals surface area contributed by atoms with Gasteiger partial charge < -0.3 is 10.6 Å². The zero-order chi connectivity index (χ0) is 16.0. The van der Waals surface area contributed by atoms with Crippen molar-refractivity contribution in [2.45, 2.75) is 52.9 Å². The fourth-order valence-corrected chi connectivity index (χ4v) is 4.08. The van der Waals surface area contributed by atoms with E-state index in [1.807, 2.05) is 13.2 Å². The Balaban J connectivity index is 1.73. The van der Waals surface area contributed by atoms with Gasteiger partial charge in [-0.1, -0.05) is 20.3 Å². The molecule has 0 radical (unpaired) electrons. The SMILES string of the molecule is CN=C(NCCc1ncc(C)s1)NCC1(CC(C)C)CCC1. The Morgan fingerprint density at radius 1 is 1.41 bits per heavy atom. The Labute approximate surface area is 138 Å². The fourth-order valence-electron chi connectivity index (χ4n) is 3.29. The number of nitrogens with zero attached hydrogens (tertiary/aromatic N) is 2. The first-order valence-corrected chi connectivity index (χ1v) is 9.20. The highest BCUT2D eigenvalue weighted by Crippen LogP contribution is 2.45. The van der Waals surface area contributed by atoms with Gasteiger partial charge in [0.05, 0.1) is 5.01 Å². The smallest absolute Gasteiger partial charge is 0.191 e. The summed E-state index contributed by atoms with van der Waals surface area (Å²) in [5.74, 6) is 1.69.